The summed E-state index contributed by atoms with van der Waals surface area (Å²) in [5.74, 6) is 0.594. The minimum Gasteiger partial charge on any atom is -0.497 e. The fourth-order valence-corrected chi connectivity index (χ4v) is 3.31. The normalized spacial score (nSPS) is 16.2. The molecule has 0 radical (unpaired) electrons. The van der Waals surface area contributed by atoms with Crippen molar-refractivity contribution < 1.29 is 19.1 Å². The Bertz CT molecular complexity index is 585. The van der Waals surface area contributed by atoms with Crippen molar-refractivity contribution in [2.75, 3.05) is 20.8 Å². The first-order valence-corrected chi connectivity index (χ1v) is 8.61. The Balaban J connectivity index is 2.05. The van der Waals surface area contributed by atoms with Gasteiger partial charge in [0.2, 0.25) is 5.91 Å². The van der Waals surface area contributed by atoms with Crippen LogP contribution in [0.3, 0.4) is 0 Å². The third-order valence-electron chi connectivity index (χ3n) is 4.61. The summed E-state index contributed by atoms with van der Waals surface area (Å²) in [5, 5.41) is 0. The zero-order valence-electron chi connectivity index (χ0n) is 14.8. The highest BCUT2D eigenvalue weighted by Crippen LogP contribution is 2.28. The molecule has 1 unspecified atom stereocenters. The maximum absolute atomic E-state index is 12.6. The van der Waals surface area contributed by atoms with Crippen LogP contribution in [0.5, 0.6) is 5.75 Å². The Hall–Kier alpha value is -2.04. The van der Waals surface area contributed by atoms with Crippen molar-refractivity contribution in [3.8, 4) is 5.75 Å². The van der Waals surface area contributed by atoms with Gasteiger partial charge in [-0.15, -0.1) is 0 Å². The van der Waals surface area contributed by atoms with Crippen LogP contribution in [-0.2, 0) is 27.2 Å². The van der Waals surface area contributed by atoms with Crippen LogP contribution in [0.2, 0.25) is 0 Å². The summed E-state index contributed by atoms with van der Waals surface area (Å²) in [5.41, 5.74) is 2.60. The fourth-order valence-electron chi connectivity index (χ4n) is 3.31. The molecule has 1 aliphatic carbocycles. The molecule has 1 aromatic rings. The second-order valence-corrected chi connectivity index (χ2v) is 6.19. The first-order chi connectivity index (χ1) is 11.6. The van der Waals surface area contributed by atoms with E-state index >= 15 is 0 Å². The summed E-state index contributed by atoms with van der Waals surface area (Å²) < 4.78 is 9.92. The SMILES string of the molecule is CCCN(C(=O)CCC(=O)OC)C1CCc2cc(OC)ccc2C1. The number of amides is 1. The molecular weight excluding hydrogens is 306 g/mol. The van der Waals surface area contributed by atoms with E-state index in [1.165, 1.54) is 18.2 Å². The van der Waals surface area contributed by atoms with Crippen molar-refractivity contribution in [3.05, 3.63) is 29.3 Å². The summed E-state index contributed by atoms with van der Waals surface area (Å²) in [6.45, 7) is 2.80. The van der Waals surface area contributed by atoms with E-state index in [2.05, 4.69) is 23.8 Å². The molecule has 5 heteroatoms. The molecule has 24 heavy (non-hydrogen) atoms. The molecule has 0 spiro atoms. The molecule has 2 rings (SSSR count). The molecule has 0 N–H and O–H groups in total. The summed E-state index contributed by atoms with van der Waals surface area (Å²) in [6, 6.07) is 6.37. The molecule has 5 nitrogen and oxygen atoms in total. The molecule has 0 aromatic heterocycles. The number of nitrogens with zero attached hydrogens (tertiary/aromatic N) is 1. The second-order valence-electron chi connectivity index (χ2n) is 6.19. The molecule has 1 atom stereocenters. The lowest BCUT2D eigenvalue weighted by molar-refractivity contribution is -0.144. The number of ether oxygens (including phenoxy) is 2. The number of fused-ring (bicyclic) bond motifs is 1. The van der Waals surface area contributed by atoms with Crippen molar-refractivity contribution in [3.63, 3.8) is 0 Å². The van der Waals surface area contributed by atoms with Crippen molar-refractivity contribution >= 4 is 11.9 Å². The van der Waals surface area contributed by atoms with E-state index in [1.807, 2.05) is 11.0 Å². The van der Waals surface area contributed by atoms with E-state index in [9.17, 15) is 9.59 Å². The van der Waals surface area contributed by atoms with Crippen molar-refractivity contribution in [2.45, 2.75) is 51.5 Å². The number of esters is 1. The van der Waals surface area contributed by atoms with Gasteiger partial charge in [0.05, 0.1) is 20.6 Å². The molecule has 132 valence electrons. The van der Waals surface area contributed by atoms with E-state index in [1.54, 1.807) is 7.11 Å². The Morgan fingerprint density at radius 2 is 2.00 bits per heavy atom. The highest BCUT2D eigenvalue weighted by Gasteiger charge is 2.27. The number of hydrogen-bond acceptors (Lipinski definition) is 4. The van der Waals surface area contributed by atoms with Gasteiger partial charge in [0.25, 0.3) is 0 Å². The molecule has 0 aliphatic heterocycles. The van der Waals surface area contributed by atoms with Gasteiger partial charge in [-0.25, -0.2) is 0 Å². The van der Waals surface area contributed by atoms with Crippen LogP contribution in [-0.4, -0.2) is 43.6 Å². The smallest absolute Gasteiger partial charge is 0.306 e. The van der Waals surface area contributed by atoms with Crippen molar-refractivity contribution in [1.82, 2.24) is 4.90 Å². The van der Waals surface area contributed by atoms with Crippen LogP contribution >= 0.6 is 0 Å². The van der Waals surface area contributed by atoms with E-state index in [4.69, 9.17) is 4.74 Å². The zero-order valence-corrected chi connectivity index (χ0v) is 14.8. The first kappa shape index (κ1) is 18.3. The molecule has 1 aliphatic rings. The maximum atomic E-state index is 12.6. The topological polar surface area (TPSA) is 55.8 Å². The molecular formula is C19H27NO4. The number of carbonyl (C=O) groups is 2. The van der Waals surface area contributed by atoms with Gasteiger partial charge in [-0.1, -0.05) is 13.0 Å². The predicted molar refractivity (Wildman–Crippen MR) is 92.1 cm³/mol. The molecule has 0 saturated heterocycles. The molecule has 1 aromatic carbocycles. The lowest BCUT2D eigenvalue weighted by Gasteiger charge is -2.35. The summed E-state index contributed by atoms with van der Waals surface area (Å²) in [6.07, 6.45) is 4.04. The van der Waals surface area contributed by atoms with E-state index in [-0.39, 0.29) is 30.8 Å². The average molecular weight is 333 g/mol. The average Bonchev–Trinajstić information content (AvgIpc) is 2.62. The minimum atomic E-state index is -0.333. The maximum Gasteiger partial charge on any atom is 0.306 e. The summed E-state index contributed by atoms with van der Waals surface area (Å²) in [7, 11) is 3.03. The van der Waals surface area contributed by atoms with Gasteiger partial charge in [-0.3, -0.25) is 9.59 Å². The van der Waals surface area contributed by atoms with Gasteiger partial charge in [0.1, 0.15) is 5.75 Å². The van der Waals surface area contributed by atoms with Crippen LogP contribution < -0.4 is 4.74 Å². The third-order valence-corrected chi connectivity index (χ3v) is 4.61. The molecule has 1 amide bonds. The number of hydrogen-bond donors (Lipinski definition) is 0. The zero-order chi connectivity index (χ0) is 17.5. The van der Waals surface area contributed by atoms with Gasteiger partial charge in [0.15, 0.2) is 0 Å². The highest BCUT2D eigenvalue weighted by atomic mass is 16.5. The van der Waals surface area contributed by atoms with Gasteiger partial charge in [-0.2, -0.15) is 0 Å². The highest BCUT2D eigenvalue weighted by molar-refractivity contribution is 5.81. The van der Waals surface area contributed by atoms with Gasteiger partial charge < -0.3 is 14.4 Å². The van der Waals surface area contributed by atoms with Crippen LogP contribution in [0, 0.1) is 0 Å². The molecule has 0 bridgehead atoms. The Morgan fingerprint density at radius 3 is 2.67 bits per heavy atom. The molecule has 0 heterocycles. The van der Waals surface area contributed by atoms with Crippen LogP contribution in [0.25, 0.3) is 0 Å². The van der Waals surface area contributed by atoms with Crippen LogP contribution in [0.1, 0.15) is 43.7 Å². The Morgan fingerprint density at radius 1 is 1.21 bits per heavy atom. The first-order valence-electron chi connectivity index (χ1n) is 8.61. The quantitative estimate of drug-likeness (QED) is 0.720. The molecule has 0 saturated carbocycles. The summed E-state index contributed by atoms with van der Waals surface area (Å²) in [4.78, 5) is 25.8. The monoisotopic (exact) mass is 333 g/mol. The number of aryl methyl sites for hydroxylation is 1. The summed E-state index contributed by atoms with van der Waals surface area (Å²) >= 11 is 0. The lowest BCUT2D eigenvalue weighted by Crippen LogP contribution is -2.44. The van der Waals surface area contributed by atoms with Crippen LogP contribution in [0.15, 0.2) is 18.2 Å². The van der Waals surface area contributed by atoms with Crippen LogP contribution in [0.4, 0.5) is 0 Å². The third kappa shape index (κ3) is 4.49. The van der Waals surface area contributed by atoms with Crippen molar-refractivity contribution in [1.29, 1.82) is 0 Å². The number of benzene rings is 1. The van der Waals surface area contributed by atoms with Gasteiger partial charge in [-0.05, 0) is 48.9 Å². The number of methoxy groups -OCH3 is 2. The minimum absolute atomic E-state index is 0.0456. The van der Waals surface area contributed by atoms with Gasteiger partial charge >= 0.3 is 5.97 Å². The number of carbonyl (C=O) groups excluding carboxylic acids is 2. The lowest BCUT2D eigenvalue weighted by atomic mass is 9.87. The fraction of sp³-hybridized carbons (Fsp3) is 0.579. The van der Waals surface area contributed by atoms with E-state index < -0.39 is 0 Å². The van der Waals surface area contributed by atoms with E-state index in [0.717, 1.165) is 38.0 Å². The number of rotatable bonds is 7. The standard InChI is InChI=1S/C19H27NO4/c1-4-11-20(18(21)9-10-19(22)24-3)16-7-5-15-13-17(23-2)8-6-14(15)12-16/h6,8,13,16H,4-5,7,9-12H2,1-3H3. The molecule has 0 fully saturated rings. The second kappa shape index (κ2) is 8.71. The van der Waals surface area contributed by atoms with Gasteiger partial charge in [0, 0.05) is 19.0 Å². The largest absolute Gasteiger partial charge is 0.497 e. The Labute approximate surface area is 143 Å². The predicted octanol–water partition coefficient (Wildman–Crippen LogP) is 2.74. The van der Waals surface area contributed by atoms with E-state index in [0.29, 0.717) is 0 Å². The Kier molecular flexibility index (Phi) is 6.64. The van der Waals surface area contributed by atoms with Crippen molar-refractivity contribution in [2.24, 2.45) is 0 Å².